The summed E-state index contributed by atoms with van der Waals surface area (Å²) in [6.07, 6.45) is -2.35. The Kier molecular flexibility index (Phi) is 4.32. The van der Waals surface area contributed by atoms with E-state index in [0.29, 0.717) is 6.42 Å². The van der Waals surface area contributed by atoms with Crippen molar-refractivity contribution in [2.75, 3.05) is 0 Å². The molecule has 0 radical (unpaired) electrons. The molecular weight excluding hydrogens is 176 g/mol. The summed E-state index contributed by atoms with van der Waals surface area (Å²) in [6, 6.07) is 0. The number of carbonyl (C=O) groups is 1. The van der Waals surface area contributed by atoms with Crippen molar-refractivity contribution in [1.82, 2.24) is 0 Å². The molecule has 0 aromatic heterocycles. The van der Waals surface area contributed by atoms with Gasteiger partial charge in [-0.1, -0.05) is 13.3 Å². The van der Waals surface area contributed by atoms with Gasteiger partial charge >= 0.3 is 5.97 Å². The van der Waals surface area contributed by atoms with E-state index >= 15 is 0 Å². The SMILES string of the molecule is CCCC(O)C(C)(O)C(O)C(=O)O. The lowest BCUT2D eigenvalue weighted by atomic mass is 9.90. The van der Waals surface area contributed by atoms with Gasteiger partial charge < -0.3 is 20.4 Å². The molecule has 78 valence electrons. The van der Waals surface area contributed by atoms with Crippen molar-refractivity contribution < 1.29 is 25.2 Å². The molecule has 5 nitrogen and oxygen atoms in total. The smallest absolute Gasteiger partial charge is 0.335 e. The molecule has 0 saturated heterocycles. The number of hydrogen-bond donors (Lipinski definition) is 4. The first-order valence-corrected chi connectivity index (χ1v) is 4.15. The van der Waals surface area contributed by atoms with Crippen LogP contribution in [-0.2, 0) is 4.79 Å². The minimum absolute atomic E-state index is 0.247. The third-order valence-corrected chi connectivity index (χ3v) is 2.02. The minimum atomic E-state index is -2.00. The van der Waals surface area contributed by atoms with Crippen LogP contribution in [0.5, 0.6) is 0 Å². The predicted molar refractivity (Wildman–Crippen MR) is 45.2 cm³/mol. The van der Waals surface area contributed by atoms with E-state index in [1.54, 1.807) is 6.92 Å². The van der Waals surface area contributed by atoms with Crippen molar-refractivity contribution in [2.45, 2.75) is 44.5 Å². The van der Waals surface area contributed by atoms with E-state index in [4.69, 9.17) is 10.2 Å². The molecule has 0 spiro atoms. The number of aliphatic hydroxyl groups is 3. The summed E-state index contributed by atoms with van der Waals surface area (Å²) in [5.74, 6) is -1.54. The van der Waals surface area contributed by atoms with Crippen molar-refractivity contribution in [1.29, 1.82) is 0 Å². The third-order valence-electron chi connectivity index (χ3n) is 2.02. The van der Waals surface area contributed by atoms with Gasteiger partial charge in [-0.15, -0.1) is 0 Å². The fraction of sp³-hybridized carbons (Fsp3) is 0.875. The average molecular weight is 192 g/mol. The van der Waals surface area contributed by atoms with Crippen LogP contribution in [0.15, 0.2) is 0 Å². The minimum Gasteiger partial charge on any atom is -0.479 e. The van der Waals surface area contributed by atoms with E-state index in [0.717, 1.165) is 6.92 Å². The van der Waals surface area contributed by atoms with Crippen molar-refractivity contribution in [3.63, 3.8) is 0 Å². The van der Waals surface area contributed by atoms with Gasteiger partial charge in [0.2, 0.25) is 0 Å². The molecule has 5 heteroatoms. The molecule has 0 bridgehead atoms. The summed E-state index contributed by atoms with van der Waals surface area (Å²) in [6.45, 7) is 2.89. The number of aliphatic hydroxyl groups excluding tert-OH is 2. The Hall–Kier alpha value is -0.650. The molecule has 3 atom stereocenters. The Morgan fingerprint density at radius 1 is 1.46 bits per heavy atom. The average Bonchev–Trinajstić information content (AvgIpc) is 2.03. The van der Waals surface area contributed by atoms with Gasteiger partial charge in [-0.3, -0.25) is 0 Å². The molecule has 0 aliphatic rings. The van der Waals surface area contributed by atoms with Gasteiger partial charge in [0, 0.05) is 0 Å². The molecule has 0 fully saturated rings. The number of hydrogen-bond acceptors (Lipinski definition) is 4. The fourth-order valence-corrected chi connectivity index (χ4v) is 0.998. The van der Waals surface area contributed by atoms with E-state index < -0.39 is 23.8 Å². The summed E-state index contributed by atoms with van der Waals surface area (Å²) < 4.78 is 0. The Morgan fingerprint density at radius 2 is 1.92 bits per heavy atom. The fourth-order valence-electron chi connectivity index (χ4n) is 0.998. The third kappa shape index (κ3) is 2.95. The van der Waals surface area contributed by atoms with Crippen molar-refractivity contribution in [3.05, 3.63) is 0 Å². The van der Waals surface area contributed by atoms with Crippen LogP contribution in [-0.4, -0.2) is 44.2 Å². The zero-order valence-electron chi connectivity index (χ0n) is 7.77. The number of aliphatic carboxylic acids is 1. The van der Waals surface area contributed by atoms with E-state index in [2.05, 4.69) is 0 Å². The first-order valence-electron chi connectivity index (χ1n) is 4.15. The molecule has 13 heavy (non-hydrogen) atoms. The van der Waals surface area contributed by atoms with Crippen LogP contribution in [0, 0.1) is 0 Å². The maximum Gasteiger partial charge on any atom is 0.335 e. The highest BCUT2D eigenvalue weighted by molar-refractivity contribution is 5.73. The van der Waals surface area contributed by atoms with E-state index in [1.807, 2.05) is 0 Å². The summed E-state index contributed by atoms with van der Waals surface area (Å²) >= 11 is 0. The van der Waals surface area contributed by atoms with Gasteiger partial charge in [0.15, 0.2) is 6.10 Å². The molecule has 0 aromatic carbocycles. The molecule has 4 N–H and O–H groups in total. The van der Waals surface area contributed by atoms with Crippen LogP contribution in [0.1, 0.15) is 26.7 Å². The topological polar surface area (TPSA) is 98.0 Å². The van der Waals surface area contributed by atoms with E-state index in [9.17, 15) is 15.0 Å². The van der Waals surface area contributed by atoms with Crippen LogP contribution in [0.25, 0.3) is 0 Å². The largest absolute Gasteiger partial charge is 0.479 e. The summed E-state index contributed by atoms with van der Waals surface area (Å²) in [5.41, 5.74) is -2.00. The van der Waals surface area contributed by atoms with Gasteiger partial charge in [0.05, 0.1) is 6.10 Å². The zero-order valence-corrected chi connectivity index (χ0v) is 7.77. The lowest BCUT2D eigenvalue weighted by molar-refractivity contribution is -0.176. The molecule has 0 aliphatic heterocycles. The van der Waals surface area contributed by atoms with Gasteiger partial charge in [-0.2, -0.15) is 0 Å². The van der Waals surface area contributed by atoms with Crippen molar-refractivity contribution in [2.24, 2.45) is 0 Å². The van der Waals surface area contributed by atoms with Crippen molar-refractivity contribution in [3.8, 4) is 0 Å². The highest BCUT2D eigenvalue weighted by atomic mass is 16.4. The highest BCUT2D eigenvalue weighted by Crippen LogP contribution is 2.19. The van der Waals surface area contributed by atoms with Crippen LogP contribution in [0.3, 0.4) is 0 Å². The number of rotatable bonds is 5. The lowest BCUT2D eigenvalue weighted by Gasteiger charge is -2.31. The maximum absolute atomic E-state index is 10.3. The van der Waals surface area contributed by atoms with Gasteiger partial charge in [0.25, 0.3) is 0 Å². The van der Waals surface area contributed by atoms with E-state index in [-0.39, 0.29) is 6.42 Å². The molecule has 0 aromatic rings. The molecule has 0 heterocycles. The normalized spacial score (nSPS) is 20.4. The predicted octanol–water partition coefficient (Wildman–Crippen LogP) is -0.656. The Bertz CT molecular complexity index is 177. The highest BCUT2D eigenvalue weighted by Gasteiger charge is 2.41. The van der Waals surface area contributed by atoms with Crippen molar-refractivity contribution >= 4 is 5.97 Å². The van der Waals surface area contributed by atoms with Gasteiger partial charge in [-0.05, 0) is 13.3 Å². The monoisotopic (exact) mass is 192 g/mol. The number of carboxylic acids is 1. The summed E-state index contributed by atoms with van der Waals surface area (Å²) in [4.78, 5) is 10.3. The molecule has 3 unspecified atom stereocenters. The van der Waals surface area contributed by atoms with Crippen LogP contribution < -0.4 is 0 Å². The summed E-state index contributed by atoms with van der Waals surface area (Å²) in [7, 11) is 0. The Morgan fingerprint density at radius 3 is 2.23 bits per heavy atom. The first kappa shape index (κ1) is 12.3. The molecular formula is C8H16O5. The zero-order chi connectivity index (χ0) is 10.6. The summed E-state index contributed by atoms with van der Waals surface area (Å²) in [5, 5.41) is 36.3. The van der Waals surface area contributed by atoms with Crippen LogP contribution >= 0.6 is 0 Å². The van der Waals surface area contributed by atoms with E-state index in [1.165, 1.54) is 0 Å². The Balaban J connectivity index is 4.44. The molecule has 0 aliphatic carbocycles. The molecule has 0 saturated carbocycles. The lowest BCUT2D eigenvalue weighted by Crippen LogP contribution is -2.53. The quantitative estimate of drug-likeness (QED) is 0.463. The first-order chi connectivity index (χ1) is 5.84. The Labute approximate surface area is 76.6 Å². The standard InChI is InChI=1S/C8H16O5/c1-3-4-5(9)8(2,13)6(10)7(11)12/h5-6,9-10,13H,3-4H2,1-2H3,(H,11,12). The second-order valence-corrected chi connectivity index (χ2v) is 3.27. The molecule has 0 rings (SSSR count). The maximum atomic E-state index is 10.3. The number of carboxylic acid groups (broad SMARTS) is 1. The second-order valence-electron chi connectivity index (χ2n) is 3.27. The van der Waals surface area contributed by atoms with Crippen LogP contribution in [0.2, 0.25) is 0 Å². The van der Waals surface area contributed by atoms with Gasteiger partial charge in [0.1, 0.15) is 5.60 Å². The molecule has 0 amide bonds. The van der Waals surface area contributed by atoms with Gasteiger partial charge in [-0.25, -0.2) is 4.79 Å². The van der Waals surface area contributed by atoms with Crippen LogP contribution in [0.4, 0.5) is 0 Å². The second kappa shape index (κ2) is 4.55.